The first-order valence-corrected chi connectivity index (χ1v) is 14.8. The Bertz CT molecular complexity index is 900. The molecule has 0 radical (unpaired) electrons. The van der Waals surface area contributed by atoms with E-state index in [1.54, 1.807) is 22.8 Å². The van der Waals surface area contributed by atoms with Crippen LogP contribution in [0.1, 0.15) is 33.6 Å². The van der Waals surface area contributed by atoms with E-state index >= 15 is 0 Å². The molecule has 4 saturated heterocycles. The highest BCUT2D eigenvalue weighted by molar-refractivity contribution is 9.09. The van der Waals surface area contributed by atoms with E-state index in [2.05, 4.69) is 27.4 Å². The number of halogens is 1. The Balaban J connectivity index is 1.72. The number of ether oxygens (including phenoxy) is 3. The fourth-order valence-electron chi connectivity index (χ4n) is 6.73. The van der Waals surface area contributed by atoms with Crippen molar-refractivity contribution in [2.24, 2.45) is 17.8 Å². The van der Waals surface area contributed by atoms with E-state index in [-0.39, 0.29) is 35.8 Å². The van der Waals surface area contributed by atoms with Crippen LogP contribution in [0.15, 0.2) is 12.7 Å². The van der Waals surface area contributed by atoms with Crippen molar-refractivity contribution in [2.75, 3.05) is 59.2 Å². The summed E-state index contributed by atoms with van der Waals surface area (Å²) in [7, 11) is 0. The molecule has 4 fully saturated rings. The molecule has 8 atom stereocenters. The van der Waals surface area contributed by atoms with Gasteiger partial charge in [0.05, 0.1) is 50.4 Å². The van der Waals surface area contributed by atoms with Crippen LogP contribution in [0.2, 0.25) is 0 Å². The van der Waals surface area contributed by atoms with Crippen LogP contribution in [0.5, 0.6) is 0 Å². The Morgan fingerprint density at radius 2 is 2.05 bits per heavy atom. The van der Waals surface area contributed by atoms with E-state index in [0.717, 1.165) is 13.1 Å². The van der Waals surface area contributed by atoms with Gasteiger partial charge in [-0.1, -0.05) is 42.3 Å². The lowest BCUT2D eigenvalue weighted by molar-refractivity contribution is -0.156. The van der Waals surface area contributed by atoms with Crippen LogP contribution in [-0.2, 0) is 28.6 Å². The average Bonchev–Trinajstić information content (AvgIpc) is 3.51. The number of alkyl halides is 1. The molecule has 0 aromatic rings. The van der Waals surface area contributed by atoms with E-state index < -0.39 is 41.6 Å². The van der Waals surface area contributed by atoms with E-state index in [1.165, 1.54) is 0 Å². The van der Waals surface area contributed by atoms with Crippen LogP contribution in [0, 0.1) is 17.8 Å². The Kier molecular flexibility index (Phi) is 9.55. The van der Waals surface area contributed by atoms with Gasteiger partial charge in [0.15, 0.2) is 0 Å². The number of fused-ring (bicyclic) bond motifs is 1. The first kappa shape index (κ1) is 29.5. The molecule has 1 spiro atoms. The van der Waals surface area contributed by atoms with Crippen LogP contribution in [0.3, 0.4) is 0 Å². The first-order chi connectivity index (χ1) is 18.2. The van der Waals surface area contributed by atoms with Crippen LogP contribution in [-0.4, -0.2) is 125 Å². The molecule has 11 heteroatoms. The molecule has 2 bridgehead atoms. The van der Waals surface area contributed by atoms with Crippen molar-refractivity contribution in [3.63, 3.8) is 0 Å². The maximum absolute atomic E-state index is 14.5. The minimum absolute atomic E-state index is 0.0614. The minimum atomic E-state index is -1.18. The highest BCUT2D eigenvalue weighted by atomic mass is 79.9. The minimum Gasteiger partial charge on any atom is -0.466 e. The summed E-state index contributed by atoms with van der Waals surface area (Å²) in [6.07, 6.45) is 2.26. The summed E-state index contributed by atoms with van der Waals surface area (Å²) in [6, 6.07) is -1.54. The standard InChI is InChI=1S/C27H42BrN3O7/c1-5-8-30(10-9-29-11-13-36-14-12-29)25(34)23-27-15-18(28)22(38-27)20(26(35)37-7-3)21(27)24(33)31(23)19(16-32)17(4)6-2/h5,17-23,32H,1,6-16H2,2-4H3/t17-,18?,19-,20-,21+,22-,23-,27+/m0/s1. The Labute approximate surface area is 233 Å². The van der Waals surface area contributed by atoms with Crippen LogP contribution < -0.4 is 0 Å². The monoisotopic (exact) mass is 599 g/mol. The summed E-state index contributed by atoms with van der Waals surface area (Å²) in [4.78, 5) is 47.2. The van der Waals surface area contributed by atoms with Crippen molar-refractivity contribution in [1.82, 2.24) is 14.7 Å². The number of carbonyl (C=O) groups excluding carboxylic acids is 3. The maximum atomic E-state index is 14.5. The second-order valence-corrected chi connectivity index (χ2v) is 12.0. The lowest BCUT2D eigenvalue weighted by atomic mass is 9.70. The quantitative estimate of drug-likeness (QED) is 0.201. The van der Waals surface area contributed by atoms with Gasteiger partial charge >= 0.3 is 5.97 Å². The number of aliphatic hydroxyl groups is 1. The number of esters is 1. The van der Waals surface area contributed by atoms with Gasteiger partial charge in [-0.15, -0.1) is 6.58 Å². The number of rotatable bonds is 12. The zero-order valence-electron chi connectivity index (χ0n) is 22.7. The van der Waals surface area contributed by atoms with Crippen molar-refractivity contribution in [3.8, 4) is 0 Å². The van der Waals surface area contributed by atoms with E-state index in [4.69, 9.17) is 14.2 Å². The predicted octanol–water partition coefficient (Wildman–Crippen LogP) is 1.05. The molecule has 1 unspecified atom stereocenters. The third kappa shape index (κ3) is 5.05. The zero-order chi connectivity index (χ0) is 27.6. The van der Waals surface area contributed by atoms with Crippen molar-refractivity contribution >= 4 is 33.7 Å². The number of nitrogens with zero attached hydrogens (tertiary/aromatic N) is 3. The van der Waals surface area contributed by atoms with Crippen molar-refractivity contribution < 1.29 is 33.7 Å². The summed E-state index contributed by atoms with van der Waals surface area (Å²) in [5.74, 6) is -2.73. The molecule has 10 nitrogen and oxygen atoms in total. The molecule has 4 rings (SSSR count). The van der Waals surface area contributed by atoms with Gasteiger partial charge in [-0.3, -0.25) is 19.3 Å². The van der Waals surface area contributed by atoms with Crippen molar-refractivity contribution in [2.45, 2.75) is 62.2 Å². The lowest BCUT2D eigenvalue weighted by Gasteiger charge is -2.41. The Morgan fingerprint density at radius 3 is 2.66 bits per heavy atom. The molecule has 38 heavy (non-hydrogen) atoms. The number of hydrogen-bond acceptors (Lipinski definition) is 8. The smallest absolute Gasteiger partial charge is 0.312 e. The molecule has 0 aliphatic carbocycles. The summed E-state index contributed by atoms with van der Waals surface area (Å²) in [5, 5.41) is 10.5. The molecule has 2 amide bonds. The molecule has 4 heterocycles. The van der Waals surface area contributed by atoms with Gasteiger partial charge in [0.2, 0.25) is 11.8 Å². The normalized spacial score (nSPS) is 34.2. The fourth-order valence-corrected chi connectivity index (χ4v) is 7.68. The van der Waals surface area contributed by atoms with Crippen molar-refractivity contribution in [3.05, 3.63) is 12.7 Å². The molecule has 4 aliphatic rings. The summed E-state index contributed by atoms with van der Waals surface area (Å²) in [5.41, 5.74) is -1.18. The molecular formula is C27H42BrN3O7. The predicted molar refractivity (Wildman–Crippen MR) is 144 cm³/mol. The van der Waals surface area contributed by atoms with Gasteiger partial charge in [0.1, 0.15) is 11.6 Å². The van der Waals surface area contributed by atoms with Crippen molar-refractivity contribution in [1.29, 1.82) is 0 Å². The summed E-state index contributed by atoms with van der Waals surface area (Å²) < 4.78 is 17.4. The van der Waals surface area contributed by atoms with E-state index in [9.17, 15) is 19.5 Å². The number of hydrogen-bond donors (Lipinski definition) is 1. The van der Waals surface area contributed by atoms with Gasteiger partial charge in [-0.05, 0) is 19.3 Å². The lowest BCUT2D eigenvalue weighted by Crippen LogP contribution is -2.60. The molecule has 0 saturated carbocycles. The average molecular weight is 601 g/mol. The Hall–Kier alpha value is -1.53. The highest BCUT2D eigenvalue weighted by Crippen LogP contribution is 2.61. The van der Waals surface area contributed by atoms with Gasteiger partial charge < -0.3 is 29.1 Å². The Morgan fingerprint density at radius 1 is 1.34 bits per heavy atom. The van der Waals surface area contributed by atoms with Gasteiger partial charge in [0, 0.05) is 37.6 Å². The first-order valence-electron chi connectivity index (χ1n) is 13.9. The molecule has 1 N–H and O–H groups in total. The maximum Gasteiger partial charge on any atom is 0.312 e. The number of likely N-dealkylation sites (tertiary alicyclic amines) is 1. The highest BCUT2D eigenvalue weighted by Gasteiger charge is 2.77. The van der Waals surface area contributed by atoms with Crippen LogP contribution in [0.4, 0.5) is 0 Å². The summed E-state index contributed by atoms with van der Waals surface area (Å²) >= 11 is 3.68. The number of morpholine rings is 1. The second-order valence-electron chi connectivity index (χ2n) is 10.8. The zero-order valence-corrected chi connectivity index (χ0v) is 24.3. The molecular weight excluding hydrogens is 558 g/mol. The second kappa shape index (κ2) is 12.3. The number of carbonyl (C=O) groups is 3. The molecule has 0 aromatic heterocycles. The SMILES string of the molecule is C=CCN(CCN1CCOCC1)C(=O)[C@@H]1N([C@@H](CO)[C@@H](C)CC)C(=O)[C@H]2[C@H](C(=O)OCC)[C@H]3O[C@@]12CC3Br. The number of amides is 2. The van der Waals surface area contributed by atoms with Crippen LogP contribution >= 0.6 is 15.9 Å². The third-order valence-corrected chi connectivity index (χ3v) is 9.66. The van der Waals surface area contributed by atoms with Gasteiger partial charge in [-0.25, -0.2) is 0 Å². The fraction of sp³-hybridized carbons (Fsp3) is 0.815. The van der Waals surface area contributed by atoms with E-state index in [0.29, 0.717) is 45.7 Å². The number of aliphatic hydroxyl groups excluding tert-OH is 1. The molecule has 214 valence electrons. The largest absolute Gasteiger partial charge is 0.466 e. The topological polar surface area (TPSA) is 109 Å². The van der Waals surface area contributed by atoms with Crippen LogP contribution in [0.25, 0.3) is 0 Å². The third-order valence-electron chi connectivity index (χ3n) is 8.82. The summed E-state index contributed by atoms with van der Waals surface area (Å²) in [6.45, 7) is 13.8. The molecule has 4 aliphatic heterocycles. The van der Waals surface area contributed by atoms with Gasteiger partial charge in [-0.2, -0.15) is 0 Å². The van der Waals surface area contributed by atoms with E-state index in [1.807, 2.05) is 13.8 Å². The van der Waals surface area contributed by atoms with Gasteiger partial charge in [0.25, 0.3) is 0 Å². The molecule has 0 aromatic carbocycles.